The molecule has 7 N–H and O–H groups in total. The van der Waals surface area contributed by atoms with Gasteiger partial charge in [-0.15, -0.1) is 0 Å². The molecular formula is C26H23F6N5O5. The number of nitrogens with two attached hydrogens (primary N) is 2. The fraction of sp³-hybridized carbons (Fsp3) is 0.115. The maximum Gasteiger partial charge on any atom is 0.490 e. The van der Waals surface area contributed by atoms with E-state index >= 15 is 0 Å². The van der Waals surface area contributed by atoms with E-state index < -0.39 is 24.3 Å². The maximum atomic E-state index is 12.5. The highest BCUT2D eigenvalue weighted by molar-refractivity contribution is 5.96. The number of nitrogens with one attached hydrogen (secondary N) is 1. The van der Waals surface area contributed by atoms with Crippen LogP contribution in [0.25, 0.3) is 11.1 Å². The van der Waals surface area contributed by atoms with Gasteiger partial charge in [-0.25, -0.2) is 9.59 Å². The first-order valence-electron chi connectivity index (χ1n) is 11.2. The molecule has 0 atom stereocenters. The number of hydrazone groups is 2. The summed E-state index contributed by atoms with van der Waals surface area (Å²) in [5, 5.41) is 24.2. The van der Waals surface area contributed by atoms with E-state index in [4.69, 9.17) is 31.5 Å². The largest absolute Gasteiger partial charge is 0.490 e. The third kappa shape index (κ3) is 12.2. The quantitative estimate of drug-likeness (QED) is 0.122. The van der Waals surface area contributed by atoms with Crippen LogP contribution >= 0.6 is 0 Å². The number of aliphatic carboxylic acids is 2. The fourth-order valence-electron chi connectivity index (χ4n) is 2.91. The summed E-state index contributed by atoms with van der Waals surface area (Å²) >= 11 is 0. The molecule has 0 saturated carbocycles. The second-order valence-corrected chi connectivity index (χ2v) is 7.75. The molecule has 1 amide bonds. The number of nitrogens with zero attached hydrogens (tertiary/aromatic N) is 2. The number of rotatable bonds is 6. The molecular weight excluding hydrogens is 576 g/mol. The molecule has 3 rings (SSSR count). The van der Waals surface area contributed by atoms with E-state index in [2.05, 4.69) is 15.5 Å². The number of amides is 1. The molecule has 224 valence electrons. The summed E-state index contributed by atoms with van der Waals surface area (Å²) in [6.07, 6.45) is -7.06. The number of carboxylic acid groups (broad SMARTS) is 2. The van der Waals surface area contributed by atoms with Gasteiger partial charge in [-0.1, -0.05) is 60.7 Å². The fourth-order valence-corrected chi connectivity index (χ4v) is 2.91. The Labute approximate surface area is 234 Å². The molecule has 0 aliphatic rings. The highest BCUT2D eigenvalue weighted by Gasteiger charge is 2.38. The SMILES string of the molecule is NN=Cc1ccc(-c2ccccc2CNC(=O)c2cccc(C=NN)c2)cc1.O=C(O)C(F)(F)F.O=C(O)C(F)(F)F. The second kappa shape index (κ2) is 16.0. The molecule has 0 radical (unpaired) electrons. The van der Waals surface area contributed by atoms with E-state index in [-0.39, 0.29) is 5.91 Å². The van der Waals surface area contributed by atoms with Crippen molar-refractivity contribution >= 4 is 30.3 Å². The molecule has 0 heterocycles. The van der Waals surface area contributed by atoms with Crippen LogP contribution in [0.1, 0.15) is 27.0 Å². The molecule has 0 fully saturated rings. The number of hydrogen-bond donors (Lipinski definition) is 5. The Kier molecular flexibility index (Phi) is 13.2. The molecule has 0 aliphatic heterocycles. The van der Waals surface area contributed by atoms with Gasteiger partial charge in [0.2, 0.25) is 0 Å². The number of hydrogen-bond acceptors (Lipinski definition) is 7. The summed E-state index contributed by atoms with van der Waals surface area (Å²) in [6.45, 7) is 0.413. The summed E-state index contributed by atoms with van der Waals surface area (Å²) in [7, 11) is 0. The van der Waals surface area contributed by atoms with Gasteiger partial charge in [0, 0.05) is 12.1 Å². The van der Waals surface area contributed by atoms with Gasteiger partial charge in [0.25, 0.3) is 5.91 Å². The number of benzene rings is 3. The first-order chi connectivity index (χ1) is 19.6. The average Bonchev–Trinajstić information content (AvgIpc) is 2.92. The van der Waals surface area contributed by atoms with Gasteiger partial charge >= 0.3 is 24.3 Å². The monoisotopic (exact) mass is 599 g/mol. The Morgan fingerprint density at radius 3 is 1.74 bits per heavy atom. The third-order valence-electron chi connectivity index (χ3n) is 4.76. The Morgan fingerprint density at radius 1 is 0.738 bits per heavy atom. The lowest BCUT2D eigenvalue weighted by molar-refractivity contribution is -0.193. The van der Waals surface area contributed by atoms with Crippen molar-refractivity contribution < 1.29 is 50.9 Å². The first-order valence-corrected chi connectivity index (χ1v) is 11.2. The summed E-state index contributed by atoms with van der Waals surface area (Å²) in [5.41, 5.74) is 5.40. The molecule has 0 unspecified atom stereocenters. The zero-order valence-corrected chi connectivity index (χ0v) is 21.2. The zero-order chi connectivity index (χ0) is 31.9. The summed E-state index contributed by atoms with van der Waals surface area (Å²) in [6, 6.07) is 23.0. The van der Waals surface area contributed by atoms with Gasteiger partial charge in [-0.3, -0.25) is 4.79 Å². The van der Waals surface area contributed by atoms with Crippen LogP contribution in [-0.2, 0) is 16.1 Å². The predicted octanol–water partition coefficient (Wildman–Crippen LogP) is 4.14. The minimum absolute atomic E-state index is 0.156. The van der Waals surface area contributed by atoms with Crippen LogP contribution < -0.4 is 17.0 Å². The summed E-state index contributed by atoms with van der Waals surface area (Å²) < 4.78 is 63.5. The summed E-state index contributed by atoms with van der Waals surface area (Å²) in [4.78, 5) is 30.3. The van der Waals surface area contributed by atoms with Gasteiger partial charge in [0.1, 0.15) is 0 Å². The summed E-state index contributed by atoms with van der Waals surface area (Å²) in [5.74, 6) is 4.70. The van der Waals surface area contributed by atoms with Gasteiger partial charge in [0.05, 0.1) is 12.4 Å². The lowest BCUT2D eigenvalue weighted by Gasteiger charge is -2.11. The highest BCUT2D eigenvalue weighted by atomic mass is 19.4. The van der Waals surface area contributed by atoms with Crippen molar-refractivity contribution in [1.29, 1.82) is 0 Å². The van der Waals surface area contributed by atoms with Crippen LogP contribution in [0.5, 0.6) is 0 Å². The Morgan fingerprint density at radius 2 is 1.24 bits per heavy atom. The maximum absolute atomic E-state index is 12.5. The minimum atomic E-state index is -5.08. The van der Waals surface area contributed by atoms with Crippen LogP contribution in [0, 0.1) is 0 Å². The molecule has 0 aromatic heterocycles. The van der Waals surface area contributed by atoms with Crippen molar-refractivity contribution in [3.8, 4) is 11.1 Å². The van der Waals surface area contributed by atoms with Crippen LogP contribution in [0.3, 0.4) is 0 Å². The van der Waals surface area contributed by atoms with E-state index in [1.807, 2.05) is 54.6 Å². The van der Waals surface area contributed by atoms with Crippen LogP contribution in [0.2, 0.25) is 0 Å². The first kappa shape index (κ1) is 34.6. The van der Waals surface area contributed by atoms with E-state index in [9.17, 15) is 31.1 Å². The van der Waals surface area contributed by atoms with Crippen molar-refractivity contribution in [2.75, 3.05) is 0 Å². The number of carboxylic acids is 2. The average molecular weight is 599 g/mol. The number of carbonyl (C=O) groups is 3. The Bertz CT molecular complexity index is 1380. The van der Waals surface area contributed by atoms with Crippen molar-refractivity contribution in [3.63, 3.8) is 0 Å². The molecule has 3 aromatic rings. The van der Waals surface area contributed by atoms with Crippen LogP contribution in [-0.4, -0.2) is 52.8 Å². The molecule has 42 heavy (non-hydrogen) atoms. The minimum Gasteiger partial charge on any atom is -0.475 e. The smallest absolute Gasteiger partial charge is 0.475 e. The molecule has 3 aromatic carbocycles. The van der Waals surface area contributed by atoms with Gasteiger partial charge in [-0.2, -0.15) is 36.5 Å². The van der Waals surface area contributed by atoms with E-state index in [0.29, 0.717) is 12.1 Å². The number of halogens is 6. The van der Waals surface area contributed by atoms with Gasteiger partial charge < -0.3 is 27.2 Å². The molecule has 16 heteroatoms. The zero-order valence-electron chi connectivity index (χ0n) is 21.2. The normalized spacial score (nSPS) is 11.2. The van der Waals surface area contributed by atoms with E-state index in [1.165, 1.54) is 6.21 Å². The standard InChI is InChI=1S/C22H21N5O.2C2HF3O2/c23-26-13-16-8-10-18(11-9-16)21-7-2-1-5-20(21)15-25-22(28)19-6-3-4-17(12-19)14-27-24;2*3-2(4,5)1(6)7/h1-14H,15,23-24H2,(H,25,28);2*(H,6,7). The molecule has 0 spiro atoms. The lowest BCUT2D eigenvalue weighted by atomic mass is 9.98. The van der Waals surface area contributed by atoms with Crippen molar-refractivity contribution in [1.82, 2.24) is 5.32 Å². The van der Waals surface area contributed by atoms with Crippen LogP contribution in [0.4, 0.5) is 26.3 Å². The topological polar surface area (TPSA) is 180 Å². The second-order valence-electron chi connectivity index (χ2n) is 7.75. The molecule has 10 nitrogen and oxygen atoms in total. The highest BCUT2D eigenvalue weighted by Crippen LogP contribution is 2.24. The van der Waals surface area contributed by atoms with Crippen molar-refractivity contribution in [3.05, 3.63) is 95.1 Å². The predicted molar refractivity (Wildman–Crippen MR) is 140 cm³/mol. The van der Waals surface area contributed by atoms with Gasteiger partial charge in [-0.05, 0) is 39.9 Å². The number of carbonyl (C=O) groups excluding carboxylic acids is 1. The van der Waals surface area contributed by atoms with Crippen molar-refractivity contribution in [2.45, 2.75) is 18.9 Å². The lowest BCUT2D eigenvalue weighted by Crippen LogP contribution is -2.23. The Hall–Kier alpha value is -5.41. The van der Waals surface area contributed by atoms with E-state index in [1.54, 1.807) is 24.4 Å². The van der Waals surface area contributed by atoms with Crippen molar-refractivity contribution in [2.24, 2.45) is 21.9 Å². The number of alkyl halides is 6. The van der Waals surface area contributed by atoms with E-state index in [0.717, 1.165) is 27.8 Å². The Balaban J connectivity index is 0.000000522. The van der Waals surface area contributed by atoms with Crippen LogP contribution in [0.15, 0.2) is 83.0 Å². The molecule has 0 aliphatic carbocycles. The third-order valence-corrected chi connectivity index (χ3v) is 4.76. The van der Waals surface area contributed by atoms with Gasteiger partial charge in [0.15, 0.2) is 0 Å². The molecule has 0 saturated heterocycles. The molecule has 0 bridgehead atoms.